The van der Waals surface area contributed by atoms with Gasteiger partial charge in [-0.2, -0.15) is 0 Å². The van der Waals surface area contributed by atoms with Gasteiger partial charge in [0.2, 0.25) is 0 Å². The van der Waals surface area contributed by atoms with Gasteiger partial charge >= 0.3 is 18.0 Å². The van der Waals surface area contributed by atoms with E-state index in [0.717, 1.165) is 36.8 Å². The van der Waals surface area contributed by atoms with Crippen molar-refractivity contribution < 1.29 is 23.9 Å². The molecule has 1 aliphatic heterocycles. The molecule has 1 heterocycles. The highest BCUT2D eigenvalue weighted by molar-refractivity contribution is 5.77. The Morgan fingerprint density at radius 1 is 0.684 bits per heavy atom. The first-order valence-electron chi connectivity index (χ1n) is 13.9. The second-order valence-corrected chi connectivity index (χ2v) is 11.1. The topological polar surface area (TPSA) is 76.1 Å². The fraction of sp³-hybridized carbons (Fsp3) is 0.516. The molecule has 2 aromatic carbocycles. The summed E-state index contributed by atoms with van der Waals surface area (Å²) in [5.41, 5.74) is 2.08. The molecule has 7 nitrogen and oxygen atoms in total. The first-order valence-corrected chi connectivity index (χ1v) is 13.9. The van der Waals surface area contributed by atoms with Crippen molar-refractivity contribution in [1.29, 1.82) is 0 Å². The molecule has 38 heavy (non-hydrogen) atoms. The summed E-state index contributed by atoms with van der Waals surface area (Å²) in [6.07, 6.45) is 3.77. The molecule has 1 saturated heterocycles. The van der Waals surface area contributed by atoms with Gasteiger partial charge < -0.3 is 19.3 Å². The minimum Gasteiger partial charge on any atom is -0.456 e. The number of amides is 2. The molecule has 0 radical (unpaired) electrons. The summed E-state index contributed by atoms with van der Waals surface area (Å²) in [5, 5.41) is 0. The highest BCUT2D eigenvalue weighted by Gasteiger charge is 2.52. The van der Waals surface area contributed by atoms with Gasteiger partial charge in [0, 0.05) is 26.9 Å². The fourth-order valence-electron chi connectivity index (χ4n) is 5.66. The monoisotopic (exact) mass is 518 g/mol. The zero-order chi connectivity index (χ0) is 26.6. The summed E-state index contributed by atoms with van der Waals surface area (Å²) in [6.45, 7) is 3.99. The molecule has 3 aliphatic rings. The minimum atomic E-state index is -0.794. The Bertz CT molecular complexity index is 1030. The Hall–Kier alpha value is -3.35. The number of carbonyl (C=O) groups excluding carboxylic acids is 3. The molecule has 2 aliphatic carbocycles. The van der Waals surface area contributed by atoms with E-state index in [2.05, 4.69) is 0 Å². The maximum absolute atomic E-state index is 14.5. The normalized spacial score (nSPS) is 25.6. The second kappa shape index (κ2) is 11.6. The van der Waals surface area contributed by atoms with Gasteiger partial charge in [0.1, 0.15) is 0 Å². The predicted molar refractivity (Wildman–Crippen MR) is 143 cm³/mol. The lowest BCUT2D eigenvalue weighted by Crippen LogP contribution is -2.54. The zero-order valence-corrected chi connectivity index (χ0v) is 22.3. The molecule has 2 amide bonds. The maximum atomic E-state index is 14.5. The van der Waals surface area contributed by atoms with Crippen LogP contribution in [0.25, 0.3) is 0 Å². The third-order valence-electron chi connectivity index (χ3n) is 7.86. The SMILES string of the molecule is CC(=O)OC1C(OC(C)=O)C(Cc2ccccc2)N(CC2CC2)C(=O)N(CC2CC2)C1Cc1ccccc1. The molecule has 4 unspecified atom stereocenters. The molecule has 7 heteroatoms. The number of nitrogens with zero attached hydrogens (tertiary/aromatic N) is 2. The summed E-state index contributed by atoms with van der Waals surface area (Å²) in [6, 6.07) is 19.0. The summed E-state index contributed by atoms with van der Waals surface area (Å²) in [4.78, 5) is 43.4. The largest absolute Gasteiger partial charge is 0.456 e. The number of ether oxygens (including phenoxy) is 2. The number of hydrogen-bond donors (Lipinski definition) is 0. The maximum Gasteiger partial charge on any atom is 0.320 e. The molecule has 4 atom stereocenters. The van der Waals surface area contributed by atoms with Gasteiger partial charge in [0.15, 0.2) is 12.2 Å². The standard InChI is InChI=1S/C31H38N2O5/c1-21(34)37-29-27(17-23-9-5-3-6-10-23)32(19-25-13-14-25)31(36)33(20-26-15-16-26)28(30(29)38-22(2)35)18-24-11-7-4-8-12-24/h3-12,25-30H,13-20H2,1-2H3. The number of benzene rings is 2. The minimum absolute atomic E-state index is 0.0440. The van der Waals surface area contributed by atoms with E-state index in [1.165, 1.54) is 13.8 Å². The smallest absolute Gasteiger partial charge is 0.320 e. The Morgan fingerprint density at radius 3 is 1.37 bits per heavy atom. The Balaban J connectivity index is 1.62. The summed E-state index contributed by atoms with van der Waals surface area (Å²) < 4.78 is 12.1. The van der Waals surface area contributed by atoms with Crippen molar-refractivity contribution in [3.63, 3.8) is 0 Å². The third-order valence-corrected chi connectivity index (χ3v) is 7.86. The average molecular weight is 519 g/mol. The van der Waals surface area contributed by atoms with Crippen molar-refractivity contribution in [1.82, 2.24) is 9.80 Å². The van der Waals surface area contributed by atoms with Gasteiger partial charge in [-0.3, -0.25) is 9.59 Å². The van der Waals surface area contributed by atoms with Crippen LogP contribution in [0.1, 0.15) is 50.7 Å². The lowest BCUT2D eigenvalue weighted by Gasteiger charge is -2.37. The van der Waals surface area contributed by atoms with Crippen LogP contribution in [-0.2, 0) is 31.9 Å². The van der Waals surface area contributed by atoms with Crippen LogP contribution < -0.4 is 0 Å². The van der Waals surface area contributed by atoms with Crippen molar-refractivity contribution in [3.8, 4) is 0 Å². The molecule has 0 bridgehead atoms. The van der Waals surface area contributed by atoms with Crippen LogP contribution in [0.15, 0.2) is 60.7 Å². The average Bonchev–Trinajstić information content (AvgIpc) is 3.82. The number of esters is 2. The molecule has 2 aromatic rings. The lowest BCUT2D eigenvalue weighted by atomic mass is 9.90. The molecule has 0 spiro atoms. The van der Waals surface area contributed by atoms with Crippen LogP contribution >= 0.6 is 0 Å². The third kappa shape index (κ3) is 6.55. The summed E-state index contributed by atoms with van der Waals surface area (Å²) >= 11 is 0. The van der Waals surface area contributed by atoms with Crippen molar-refractivity contribution in [3.05, 3.63) is 71.8 Å². The van der Waals surface area contributed by atoms with E-state index in [1.807, 2.05) is 70.5 Å². The fourth-order valence-corrected chi connectivity index (χ4v) is 5.66. The Kier molecular flexibility index (Phi) is 8.01. The van der Waals surface area contributed by atoms with Crippen molar-refractivity contribution in [2.24, 2.45) is 11.8 Å². The van der Waals surface area contributed by atoms with Crippen LogP contribution in [0.3, 0.4) is 0 Å². The lowest BCUT2D eigenvalue weighted by molar-refractivity contribution is -0.173. The van der Waals surface area contributed by atoms with Gasteiger partial charge in [-0.25, -0.2) is 4.79 Å². The van der Waals surface area contributed by atoms with E-state index < -0.39 is 36.2 Å². The molecule has 2 saturated carbocycles. The van der Waals surface area contributed by atoms with E-state index in [1.54, 1.807) is 0 Å². The molecular weight excluding hydrogens is 480 g/mol. The number of rotatable bonds is 10. The van der Waals surface area contributed by atoms with Gasteiger partial charge in [-0.15, -0.1) is 0 Å². The van der Waals surface area contributed by atoms with Crippen molar-refractivity contribution in [2.75, 3.05) is 13.1 Å². The van der Waals surface area contributed by atoms with Crippen LogP contribution in [0, 0.1) is 11.8 Å². The summed E-state index contributed by atoms with van der Waals surface area (Å²) in [7, 11) is 0. The van der Waals surface area contributed by atoms with Crippen LogP contribution in [0.4, 0.5) is 4.79 Å². The van der Waals surface area contributed by atoms with Crippen molar-refractivity contribution in [2.45, 2.75) is 76.7 Å². The molecule has 3 fully saturated rings. The van der Waals surface area contributed by atoms with Crippen LogP contribution in [0.2, 0.25) is 0 Å². The first kappa shape index (κ1) is 26.3. The Morgan fingerprint density at radius 2 is 1.05 bits per heavy atom. The summed E-state index contributed by atoms with van der Waals surface area (Å²) in [5.74, 6) is -0.0112. The highest BCUT2D eigenvalue weighted by Crippen LogP contribution is 2.38. The second-order valence-electron chi connectivity index (χ2n) is 11.1. The van der Waals surface area contributed by atoms with Gasteiger partial charge in [0.25, 0.3) is 0 Å². The van der Waals surface area contributed by atoms with E-state index in [4.69, 9.17) is 9.47 Å². The Labute approximate surface area is 225 Å². The number of urea groups is 1. The van der Waals surface area contributed by atoms with E-state index in [9.17, 15) is 14.4 Å². The van der Waals surface area contributed by atoms with Gasteiger partial charge in [0.05, 0.1) is 12.1 Å². The molecule has 5 rings (SSSR count). The molecule has 202 valence electrons. The first-order chi connectivity index (χ1) is 18.4. The quantitative estimate of drug-likeness (QED) is 0.429. The highest BCUT2D eigenvalue weighted by atomic mass is 16.6. The van der Waals surface area contributed by atoms with E-state index >= 15 is 0 Å². The van der Waals surface area contributed by atoms with Gasteiger partial charge in [-0.05, 0) is 61.5 Å². The van der Waals surface area contributed by atoms with Crippen LogP contribution in [0.5, 0.6) is 0 Å². The van der Waals surface area contributed by atoms with Gasteiger partial charge in [-0.1, -0.05) is 60.7 Å². The van der Waals surface area contributed by atoms with Crippen molar-refractivity contribution >= 4 is 18.0 Å². The van der Waals surface area contributed by atoms with E-state index in [0.29, 0.717) is 37.8 Å². The van der Waals surface area contributed by atoms with Crippen LogP contribution in [-0.4, -0.2) is 65.2 Å². The van der Waals surface area contributed by atoms with E-state index in [-0.39, 0.29) is 6.03 Å². The zero-order valence-electron chi connectivity index (χ0n) is 22.3. The number of carbonyl (C=O) groups is 3. The molecule has 0 aromatic heterocycles. The molecule has 0 N–H and O–H groups in total. The predicted octanol–water partition coefficient (Wildman–Crippen LogP) is 4.63. The molecular formula is C31H38N2O5. The number of hydrogen-bond acceptors (Lipinski definition) is 5.